The lowest BCUT2D eigenvalue weighted by Crippen LogP contribution is -2.01. The number of unbranched alkanes of at least 4 members (excludes halogenated alkanes) is 36. The molecule has 0 bridgehead atoms. The molecule has 0 aromatic rings. The van der Waals surface area contributed by atoms with Gasteiger partial charge in [-0.05, 0) is 5.92 Å². The maximum absolute atomic E-state index is 4.06. The van der Waals surface area contributed by atoms with E-state index in [1.165, 1.54) is 263 Å². The maximum atomic E-state index is 4.06. The maximum Gasteiger partial charge on any atom is -0.0414 e. The van der Waals surface area contributed by atoms with Crippen LogP contribution in [0.3, 0.4) is 0 Å². The second-order valence-corrected chi connectivity index (χ2v) is 15.8. The fraction of sp³-hybridized carbons (Fsp3) is 0.978. The summed E-state index contributed by atoms with van der Waals surface area (Å²) in [6.07, 6.45) is 61.6. The van der Waals surface area contributed by atoms with Gasteiger partial charge in [0.15, 0.2) is 0 Å². The molecule has 0 aromatic carbocycles. The Labute approximate surface area is 295 Å². The number of hydrogen-bond donors (Lipinski definition) is 0. The van der Waals surface area contributed by atoms with Gasteiger partial charge in [0.25, 0.3) is 0 Å². The Bertz CT molecular complexity index is 494. The normalized spacial score (nSPS) is 12.3. The molecule has 1 radical (unpaired) electrons. The van der Waals surface area contributed by atoms with Gasteiger partial charge < -0.3 is 0 Å². The van der Waals surface area contributed by atoms with Crippen molar-refractivity contribution in [3.63, 3.8) is 0 Å². The van der Waals surface area contributed by atoms with E-state index in [9.17, 15) is 0 Å². The molecule has 1 atom stereocenters. The summed E-state index contributed by atoms with van der Waals surface area (Å²) < 4.78 is 0. The summed E-state index contributed by atoms with van der Waals surface area (Å²) in [7, 11) is 0. The highest BCUT2D eigenvalue weighted by Crippen LogP contribution is 2.25. The molecule has 0 heteroatoms. The van der Waals surface area contributed by atoms with Crippen molar-refractivity contribution in [3.8, 4) is 0 Å². The second-order valence-electron chi connectivity index (χ2n) is 15.8. The zero-order chi connectivity index (χ0) is 33.3. The molecule has 277 valence electrons. The molecule has 0 aliphatic carbocycles. The first-order chi connectivity index (χ1) is 22.8. The zero-order valence-corrected chi connectivity index (χ0v) is 33.0. The van der Waals surface area contributed by atoms with Crippen LogP contribution in [-0.2, 0) is 0 Å². The van der Waals surface area contributed by atoms with Crippen LogP contribution in [0.15, 0.2) is 0 Å². The van der Waals surface area contributed by atoms with E-state index in [4.69, 9.17) is 0 Å². The summed E-state index contributed by atoms with van der Waals surface area (Å²) in [5.41, 5.74) is 0. The molecule has 0 aliphatic rings. The van der Waals surface area contributed by atoms with E-state index in [0.717, 1.165) is 12.3 Å². The Morgan fingerprint density at radius 3 is 0.609 bits per heavy atom. The van der Waals surface area contributed by atoms with E-state index in [1.54, 1.807) is 0 Å². The molecule has 0 fully saturated rings. The molecular weight excluding hydrogens is 553 g/mol. The molecular formula is C46H93. The van der Waals surface area contributed by atoms with Crippen molar-refractivity contribution in [1.29, 1.82) is 0 Å². The molecule has 0 amide bonds. The van der Waals surface area contributed by atoms with E-state index < -0.39 is 0 Å². The minimum atomic E-state index is 1.02. The first-order valence-corrected chi connectivity index (χ1v) is 22.6. The fourth-order valence-electron chi connectivity index (χ4n) is 7.71. The van der Waals surface area contributed by atoms with Crippen LogP contribution in [0.5, 0.6) is 0 Å². The lowest BCUT2D eigenvalue weighted by atomic mass is 9.89. The molecule has 0 rings (SSSR count). The Morgan fingerprint density at radius 2 is 0.413 bits per heavy atom. The monoisotopic (exact) mass is 646 g/mol. The third kappa shape index (κ3) is 40.2. The highest BCUT2D eigenvalue weighted by atomic mass is 14.1. The predicted molar refractivity (Wildman–Crippen MR) is 214 cm³/mol. The van der Waals surface area contributed by atoms with Crippen molar-refractivity contribution < 1.29 is 0 Å². The van der Waals surface area contributed by atoms with Gasteiger partial charge in [0.1, 0.15) is 0 Å². The Hall–Kier alpha value is 0. The van der Waals surface area contributed by atoms with Crippen molar-refractivity contribution in [2.75, 3.05) is 0 Å². The van der Waals surface area contributed by atoms with Crippen LogP contribution in [0.1, 0.15) is 284 Å². The average molecular weight is 646 g/mol. The Balaban J connectivity index is 3.57. The zero-order valence-electron chi connectivity index (χ0n) is 33.0. The quantitative estimate of drug-likeness (QED) is 0.0579. The van der Waals surface area contributed by atoms with Crippen LogP contribution in [-0.4, -0.2) is 0 Å². The summed E-state index contributed by atoms with van der Waals surface area (Å²) in [5.74, 6) is 1.02. The van der Waals surface area contributed by atoms with Crippen LogP contribution in [0.4, 0.5) is 0 Å². The standard InChI is InChI=1S/C46H93/c1-4-7-10-13-15-17-19-21-23-25-26-27-29-31-33-35-37-39-42-45-46(43-40-12-9-6-3)44-41-38-36-34-32-30-28-24-22-20-18-16-14-11-8-5-2/h46H,3-45H2,1-2H3. The van der Waals surface area contributed by atoms with E-state index in [0.29, 0.717) is 0 Å². The predicted octanol–water partition coefficient (Wildman–Crippen LogP) is 17.9. The van der Waals surface area contributed by atoms with Gasteiger partial charge in [-0.3, -0.25) is 0 Å². The third-order valence-corrected chi connectivity index (χ3v) is 11.0. The van der Waals surface area contributed by atoms with Crippen molar-refractivity contribution in [2.45, 2.75) is 284 Å². The van der Waals surface area contributed by atoms with Gasteiger partial charge in [-0.1, -0.05) is 290 Å². The third-order valence-electron chi connectivity index (χ3n) is 11.0. The van der Waals surface area contributed by atoms with Crippen LogP contribution in [0.2, 0.25) is 0 Å². The smallest absolute Gasteiger partial charge is 0.0414 e. The van der Waals surface area contributed by atoms with Gasteiger partial charge in [0.05, 0.1) is 0 Å². The highest BCUT2D eigenvalue weighted by molar-refractivity contribution is 4.62. The molecule has 0 nitrogen and oxygen atoms in total. The van der Waals surface area contributed by atoms with Gasteiger partial charge in [-0.25, -0.2) is 0 Å². The van der Waals surface area contributed by atoms with Crippen LogP contribution < -0.4 is 0 Å². The highest BCUT2D eigenvalue weighted by Gasteiger charge is 2.09. The average Bonchev–Trinajstić information content (AvgIpc) is 3.07. The fourth-order valence-corrected chi connectivity index (χ4v) is 7.71. The second kappa shape index (κ2) is 43.0. The number of hydrogen-bond acceptors (Lipinski definition) is 0. The van der Waals surface area contributed by atoms with Crippen LogP contribution >= 0.6 is 0 Å². The van der Waals surface area contributed by atoms with Crippen molar-refractivity contribution in [1.82, 2.24) is 0 Å². The molecule has 1 unspecified atom stereocenters. The lowest BCUT2D eigenvalue weighted by Gasteiger charge is -2.17. The molecule has 0 spiro atoms. The van der Waals surface area contributed by atoms with Crippen molar-refractivity contribution in [3.05, 3.63) is 6.92 Å². The topological polar surface area (TPSA) is 0 Å². The summed E-state index contributed by atoms with van der Waals surface area (Å²) in [4.78, 5) is 0. The summed E-state index contributed by atoms with van der Waals surface area (Å²) in [6, 6.07) is 0. The lowest BCUT2D eigenvalue weighted by molar-refractivity contribution is 0.366. The Morgan fingerprint density at radius 1 is 0.239 bits per heavy atom. The largest absolute Gasteiger partial charge is 0.0654 e. The SMILES string of the molecule is [CH2]CCCCCC(CCCCCCCCCCCCCCCCCC)CCCCCCCCCCCCCCCCCCCCC. The van der Waals surface area contributed by atoms with Crippen molar-refractivity contribution in [2.24, 2.45) is 5.92 Å². The molecule has 0 saturated carbocycles. The first-order valence-electron chi connectivity index (χ1n) is 22.6. The number of rotatable bonds is 42. The van der Waals surface area contributed by atoms with Gasteiger partial charge in [0, 0.05) is 0 Å². The van der Waals surface area contributed by atoms with E-state index >= 15 is 0 Å². The molecule has 0 heterocycles. The van der Waals surface area contributed by atoms with Crippen molar-refractivity contribution >= 4 is 0 Å². The van der Waals surface area contributed by atoms with Gasteiger partial charge in [-0.2, -0.15) is 0 Å². The van der Waals surface area contributed by atoms with E-state index in [1.807, 2.05) is 0 Å². The first kappa shape index (κ1) is 46.0. The molecule has 0 saturated heterocycles. The van der Waals surface area contributed by atoms with Crippen LogP contribution in [0.25, 0.3) is 0 Å². The minimum Gasteiger partial charge on any atom is -0.0654 e. The van der Waals surface area contributed by atoms with Crippen LogP contribution in [0, 0.1) is 12.8 Å². The minimum absolute atomic E-state index is 1.02. The molecule has 0 aliphatic heterocycles. The van der Waals surface area contributed by atoms with Gasteiger partial charge >= 0.3 is 0 Å². The summed E-state index contributed by atoms with van der Waals surface area (Å²) in [6.45, 7) is 8.68. The Kier molecular flexibility index (Phi) is 43.0. The van der Waals surface area contributed by atoms with Gasteiger partial charge in [0.2, 0.25) is 0 Å². The molecule has 0 N–H and O–H groups in total. The van der Waals surface area contributed by atoms with E-state index in [2.05, 4.69) is 20.8 Å². The molecule has 46 heavy (non-hydrogen) atoms. The molecule has 0 aromatic heterocycles. The summed E-state index contributed by atoms with van der Waals surface area (Å²) >= 11 is 0. The van der Waals surface area contributed by atoms with Gasteiger partial charge in [-0.15, -0.1) is 0 Å². The summed E-state index contributed by atoms with van der Waals surface area (Å²) in [5, 5.41) is 0. The van der Waals surface area contributed by atoms with E-state index in [-0.39, 0.29) is 0 Å².